The van der Waals surface area contributed by atoms with E-state index in [4.69, 9.17) is 0 Å². The summed E-state index contributed by atoms with van der Waals surface area (Å²) in [4.78, 5) is 7.36. The molecule has 0 radical (unpaired) electrons. The highest BCUT2D eigenvalue weighted by Crippen LogP contribution is 2.54. The van der Waals surface area contributed by atoms with Crippen LogP contribution in [0.15, 0.2) is 246 Å². The summed E-state index contributed by atoms with van der Waals surface area (Å²) in [6, 6.07) is 87.0. The lowest BCUT2D eigenvalue weighted by Gasteiger charge is -2.29. The van der Waals surface area contributed by atoms with Crippen molar-refractivity contribution in [3.05, 3.63) is 253 Å². The standard InChI is InChI=1S/C66H48N2S/c1-43-54-38-35-52(68(49-20-11-6-12-21-49)53-36-39-56-55-22-13-14-24-60(55)66(2,3)61(56)42-53)41-59(54)57-23-15-25-62-65(57)64(43)58-37-30-47(40-63(58)69-62)46-28-33-51(34-29-46)67(48-18-9-5-10-19-48)50-31-26-45(27-32-50)44-16-7-4-8-17-44/h4-42H,1-3H3. The van der Waals surface area contributed by atoms with Crippen LogP contribution in [0.1, 0.15) is 30.5 Å². The molecule has 11 aromatic rings. The van der Waals surface area contributed by atoms with Gasteiger partial charge in [-0.25, -0.2) is 0 Å². The Balaban J connectivity index is 0.863. The first-order chi connectivity index (χ1) is 33.9. The smallest absolute Gasteiger partial charge is 0.0468 e. The highest BCUT2D eigenvalue weighted by molar-refractivity contribution is 7.99. The number of para-hydroxylation sites is 2. The number of nitrogens with zero attached hydrogens (tertiary/aromatic N) is 2. The zero-order chi connectivity index (χ0) is 46.2. The van der Waals surface area contributed by atoms with E-state index in [0.29, 0.717) is 0 Å². The van der Waals surface area contributed by atoms with E-state index in [1.807, 2.05) is 11.8 Å². The van der Waals surface area contributed by atoms with Gasteiger partial charge in [-0.15, -0.1) is 0 Å². The normalized spacial score (nSPS) is 12.9. The number of hydrogen-bond acceptors (Lipinski definition) is 3. The molecule has 0 amide bonds. The number of anilines is 6. The maximum atomic E-state index is 2.43. The molecule has 11 aromatic carbocycles. The molecular weight excluding hydrogens is 853 g/mol. The summed E-state index contributed by atoms with van der Waals surface area (Å²) < 4.78 is 0. The molecule has 1 heterocycles. The molecular formula is C66H48N2S. The Hall–Kier alpha value is -8.11. The number of fused-ring (bicyclic) bond motifs is 7. The SMILES string of the molecule is Cc1c2c3c(cccc3c3cc(N(c4ccccc4)c4ccc5c(c4)C(C)(C)c4ccccc4-5)ccc13)Sc1cc(-c3ccc(N(c4ccccc4)c4ccc(-c5ccccc5)cc4)cc3)ccc1-2. The van der Waals surface area contributed by atoms with Crippen LogP contribution in [-0.2, 0) is 5.41 Å². The van der Waals surface area contributed by atoms with Crippen LogP contribution in [0.5, 0.6) is 0 Å². The molecule has 69 heavy (non-hydrogen) atoms. The van der Waals surface area contributed by atoms with Crippen LogP contribution in [0.25, 0.3) is 66.1 Å². The lowest BCUT2D eigenvalue weighted by atomic mass is 9.82. The summed E-state index contributed by atoms with van der Waals surface area (Å²) in [7, 11) is 0. The van der Waals surface area contributed by atoms with Gasteiger partial charge in [-0.1, -0.05) is 177 Å². The molecule has 13 rings (SSSR count). The molecule has 328 valence electrons. The average Bonchev–Trinajstić information content (AvgIpc) is 3.63. The monoisotopic (exact) mass is 900 g/mol. The summed E-state index contributed by atoms with van der Waals surface area (Å²) in [5, 5.41) is 5.19. The average molecular weight is 901 g/mol. The summed E-state index contributed by atoms with van der Waals surface area (Å²) in [6.07, 6.45) is 0. The van der Waals surface area contributed by atoms with Gasteiger partial charge in [0.15, 0.2) is 0 Å². The summed E-state index contributed by atoms with van der Waals surface area (Å²) in [5.41, 5.74) is 20.9. The fourth-order valence-electron chi connectivity index (χ4n) is 11.2. The van der Waals surface area contributed by atoms with E-state index < -0.39 is 0 Å². The van der Waals surface area contributed by atoms with Gasteiger partial charge in [0.25, 0.3) is 0 Å². The van der Waals surface area contributed by atoms with Crippen molar-refractivity contribution in [1.82, 2.24) is 0 Å². The van der Waals surface area contributed by atoms with E-state index in [0.717, 1.165) is 34.1 Å². The van der Waals surface area contributed by atoms with Crippen LogP contribution in [-0.4, -0.2) is 0 Å². The second-order valence-electron chi connectivity index (χ2n) is 18.9. The first-order valence-electron chi connectivity index (χ1n) is 23.9. The van der Waals surface area contributed by atoms with Crippen molar-refractivity contribution in [1.29, 1.82) is 0 Å². The minimum absolute atomic E-state index is 0.0947. The predicted octanol–water partition coefficient (Wildman–Crippen LogP) is 19.0. The van der Waals surface area contributed by atoms with E-state index in [-0.39, 0.29) is 5.41 Å². The molecule has 0 atom stereocenters. The van der Waals surface area contributed by atoms with Gasteiger partial charge in [-0.05, 0) is 169 Å². The Bertz CT molecular complexity index is 3770. The third-order valence-corrected chi connectivity index (χ3v) is 15.7. The van der Waals surface area contributed by atoms with Crippen molar-refractivity contribution < 1.29 is 0 Å². The molecule has 0 saturated heterocycles. The van der Waals surface area contributed by atoms with Gasteiger partial charge in [-0.3, -0.25) is 0 Å². The van der Waals surface area contributed by atoms with Crippen LogP contribution < -0.4 is 9.80 Å². The van der Waals surface area contributed by atoms with E-state index in [1.54, 1.807) is 0 Å². The quantitative estimate of drug-likeness (QED) is 0.140. The second kappa shape index (κ2) is 16.3. The molecule has 0 aromatic heterocycles. The van der Waals surface area contributed by atoms with Gasteiger partial charge < -0.3 is 9.80 Å². The molecule has 0 N–H and O–H groups in total. The van der Waals surface area contributed by atoms with Crippen LogP contribution in [0.4, 0.5) is 34.1 Å². The molecule has 2 aliphatic rings. The van der Waals surface area contributed by atoms with Crippen molar-refractivity contribution in [3.8, 4) is 44.5 Å². The van der Waals surface area contributed by atoms with Crippen molar-refractivity contribution >= 4 is 67.4 Å². The Morgan fingerprint density at radius 2 is 0.841 bits per heavy atom. The van der Waals surface area contributed by atoms with Gasteiger partial charge in [-0.2, -0.15) is 0 Å². The van der Waals surface area contributed by atoms with Crippen molar-refractivity contribution in [2.45, 2.75) is 36.0 Å². The topological polar surface area (TPSA) is 6.48 Å². The van der Waals surface area contributed by atoms with Gasteiger partial charge in [0.05, 0.1) is 0 Å². The summed E-state index contributed by atoms with van der Waals surface area (Å²) >= 11 is 1.89. The second-order valence-corrected chi connectivity index (χ2v) is 20.0. The van der Waals surface area contributed by atoms with Crippen molar-refractivity contribution in [3.63, 3.8) is 0 Å². The molecule has 1 aliphatic carbocycles. The van der Waals surface area contributed by atoms with Crippen molar-refractivity contribution in [2.24, 2.45) is 0 Å². The minimum Gasteiger partial charge on any atom is -0.311 e. The fraction of sp³-hybridized carbons (Fsp3) is 0.0606. The Kier molecular flexibility index (Phi) is 9.71. The first-order valence-corrected chi connectivity index (χ1v) is 24.7. The molecule has 0 bridgehead atoms. The summed E-state index contributed by atoms with van der Waals surface area (Å²) in [6.45, 7) is 7.05. The van der Waals surface area contributed by atoms with Gasteiger partial charge in [0, 0.05) is 54.7 Å². The molecule has 0 spiro atoms. The van der Waals surface area contributed by atoms with Crippen LogP contribution in [0.2, 0.25) is 0 Å². The molecule has 0 fully saturated rings. The highest BCUT2D eigenvalue weighted by atomic mass is 32.2. The predicted molar refractivity (Wildman–Crippen MR) is 294 cm³/mol. The van der Waals surface area contributed by atoms with E-state index >= 15 is 0 Å². The fourth-order valence-corrected chi connectivity index (χ4v) is 12.4. The Morgan fingerprint density at radius 3 is 1.54 bits per heavy atom. The Morgan fingerprint density at radius 1 is 0.333 bits per heavy atom. The Labute approximate surface area is 408 Å². The lowest BCUT2D eigenvalue weighted by molar-refractivity contribution is 0.660. The third kappa shape index (κ3) is 6.79. The molecule has 0 unspecified atom stereocenters. The van der Waals surface area contributed by atoms with Gasteiger partial charge in [0.1, 0.15) is 0 Å². The van der Waals surface area contributed by atoms with Crippen molar-refractivity contribution in [2.75, 3.05) is 9.80 Å². The number of aryl methyl sites for hydroxylation is 1. The number of benzene rings is 11. The molecule has 3 heteroatoms. The van der Waals surface area contributed by atoms with Crippen LogP contribution in [0, 0.1) is 6.92 Å². The molecule has 2 nitrogen and oxygen atoms in total. The van der Waals surface area contributed by atoms with Gasteiger partial charge >= 0.3 is 0 Å². The zero-order valence-corrected chi connectivity index (χ0v) is 39.6. The maximum Gasteiger partial charge on any atom is 0.0468 e. The lowest BCUT2D eigenvalue weighted by Crippen LogP contribution is -2.16. The maximum absolute atomic E-state index is 2.43. The molecule has 1 aliphatic heterocycles. The van der Waals surface area contributed by atoms with Gasteiger partial charge in [0.2, 0.25) is 0 Å². The van der Waals surface area contributed by atoms with Crippen LogP contribution >= 0.6 is 11.8 Å². The largest absolute Gasteiger partial charge is 0.311 e. The summed E-state index contributed by atoms with van der Waals surface area (Å²) in [5.74, 6) is 0. The zero-order valence-electron chi connectivity index (χ0n) is 38.8. The molecule has 0 saturated carbocycles. The highest BCUT2D eigenvalue weighted by Gasteiger charge is 2.36. The van der Waals surface area contributed by atoms with E-state index in [9.17, 15) is 0 Å². The number of hydrogen-bond donors (Lipinski definition) is 0. The minimum atomic E-state index is -0.0947. The van der Waals surface area contributed by atoms with E-state index in [1.165, 1.54) is 92.5 Å². The first kappa shape index (κ1) is 41.1. The van der Waals surface area contributed by atoms with E-state index in [2.05, 4.69) is 267 Å². The third-order valence-electron chi connectivity index (χ3n) is 14.6. The van der Waals surface area contributed by atoms with Crippen LogP contribution in [0.3, 0.4) is 0 Å². The number of rotatable bonds is 8.